The van der Waals surface area contributed by atoms with Gasteiger partial charge in [0.2, 0.25) is 11.8 Å². The second-order valence-corrected chi connectivity index (χ2v) is 11.5. The molecule has 10 heteroatoms. The number of sulfone groups is 1. The maximum absolute atomic E-state index is 13.9. The summed E-state index contributed by atoms with van der Waals surface area (Å²) in [7, 11) is -3.37. The van der Waals surface area contributed by atoms with E-state index in [4.69, 9.17) is 0 Å². The standard InChI is InChI=1S/C25H28F2N2O5S/c1-15-23(18-10-12-25(26,27)13-11-18)29(24(31)32)22-14-19(6-9-21(22)28(15)16(2)30)17-4-7-20(8-5-17)35(3,33)34/h4-9,14-15,18,23H,10-13H2,1-3H3,(H,31,32)/t15-,23?/m0/s1. The summed E-state index contributed by atoms with van der Waals surface area (Å²) in [6.45, 7) is 3.16. The van der Waals surface area contributed by atoms with Crippen LogP contribution in [0, 0.1) is 5.92 Å². The fourth-order valence-electron chi connectivity index (χ4n) is 5.44. The molecule has 35 heavy (non-hydrogen) atoms. The minimum atomic E-state index is -3.37. The minimum Gasteiger partial charge on any atom is -0.465 e. The zero-order chi connectivity index (χ0) is 25.7. The summed E-state index contributed by atoms with van der Waals surface area (Å²) in [6, 6.07) is 10.1. The molecule has 2 amide bonds. The van der Waals surface area contributed by atoms with Crippen LogP contribution in [-0.2, 0) is 14.6 Å². The Balaban J connectivity index is 1.81. The monoisotopic (exact) mass is 506 g/mol. The Bertz CT molecular complexity index is 1250. The molecular weight excluding hydrogens is 478 g/mol. The minimum absolute atomic E-state index is 0.164. The van der Waals surface area contributed by atoms with Crippen molar-refractivity contribution in [2.45, 2.75) is 62.4 Å². The summed E-state index contributed by atoms with van der Waals surface area (Å²) in [5.74, 6) is -3.35. The second-order valence-electron chi connectivity index (χ2n) is 9.47. The van der Waals surface area contributed by atoms with Crippen LogP contribution in [0.2, 0.25) is 0 Å². The number of alkyl halides is 2. The number of rotatable bonds is 3. The summed E-state index contributed by atoms with van der Waals surface area (Å²) in [5.41, 5.74) is 2.05. The third-order valence-corrected chi connectivity index (χ3v) is 8.23. The van der Waals surface area contributed by atoms with Crippen molar-refractivity contribution < 1.29 is 31.9 Å². The van der Waals surface area contributed by atoms with E-state index in [0.717, 1.165) is 6.26 Å². The van der Waals surface area contributed by atoms with Gasteiger partial charge in [-0.2, -0.15) is 0 Å². The lowest BCUT2D eigenvalue weighted by molar-refractivity contribution is -0.117. The molecule has 2 aliphatic rings. The molecule has 2 aromatic carbocycles. The van der Waals surface area contributed by atoms with Crippen LogP contribution in [0.25, 0.3) is 11.1 Å². The van der Waals surface area contributed by atoms with Crippen LogP contribution in [0.1, 0.15) is 39.5 Å². The van der Waals surface area contributed by atoms with E-state index in [9.17, 15) is 31.9 Å². The first-order valence-corrected chi connectivity index (χ1v) is 13.3. The second kappa shape index (κ2) is 8.89. The lowest BCUT2D eigenvalue weighted by atomic mass is 9.77. The molecule has 188 valence electrons. The topological polar surface area (TPSA) is 95.0 Å². The molecule has 1 N–H and O–H groups in total. The van der Waals surface area contributed by atoms with Gasteiger partial charge in [-0.1, -0.05) is 18.2 Å². The van der Waals surface area contributed by atoms with Crippen LogP contribution < -0.4 is 9.80 Å². The Morgan fingerprint density at radius 1 is 0.971 bits per heavy atom. The van der Waals surface area contributed by atoms with Gasteiger partial charge in [-0.25, -0.2) is 22.0 Å². The van der Waals surface area contributed by atoms with E-state index in [2.05, 4.69) is 0 Å². The third-order valence-electron chi connectivity index (χ3n) is 7.10. The Hall–Kier alpha value is -3.01. The van der Waals surface area contributed by atoms with E-state index in [-0.39, 0.29) is 42.4 Å². The largest absolute Gasteiger partial charge is 0.465 e. The number of benzene rings is 2. The molecule has 7 nitrogen and oxygen atoms in total. The molecule has 4 rings (SSSR count). The number of halogens is 2. The molecule has 0 spiro atoms. The molecule has 2 atom stereocenters. The van der Waals surface area contributed by atoms with Crippen molar-refractivity contribution in [2.24, 2.45) is 5.92 Å². The van der Waals surface area contributed by atoms with Crippen molar-refractivity contribution in [3.63, 3.8) is 0 Å². The van der Waals surface area contributed by atoms with Gasteiger partial charge in [0.25, 0.3) is 0 Å². The first-order valence-electron chi connectivity index (χ1n) is 11.4. The van der Waals surface area contributed by atoms with E-state index in [1.54, 1.807) is 42.2 Å². The number of amides is 2. The molecule has 1 fully saturated rings. The summed E-state index contributed by atoms with van der Waals surface area (Å²) in [6.07, 6.45) is -0.390. The molecule has 0 aromatic heterocycles. The van der Waals surface area contributed by atoms with Crippen molar-refractivity contribution in [1.29, 1.82) is 0 Å². The van der Waals surface area contributed by atoms with E-state index < -0.39 is 33.9 Å². The number of carbonyl (C=O) groups is 2. The normalized spacial score (nSPS) is 22.5. The van der Waals surface area contributed by atoms with Crippen LogP contribution in [-0.4, -0.2) is 49.8 Å². The van der Waals surface area contributed by atoms with Gasteiger partial charge in [0.05, 0.1) is 28.4 Å². The maximum Gasteiger partial charge on any atom is 0.412 e. The van der Waals surface area contributed by atoms with Gasteiger partial charge < -0.3 is 10.0 Å². The number of hydrogen-bond donors (Lipinski definition) is 1. The zero-order valence-electron chi connectivity index (χ0n) is 19.7. The first kappa shape index (κ1) is 25.1. The Morgan fingerprint density at radius 2 is 1.54 bits per heavy atom. The molecule has 0 bridgehead atoms. The molecule has 0 saturated heterocycles. The number of carboxylic acid groups (broad SMARTS) is 1. The molecule has 1 heterocycles. The van der Waals surface area contributed by atoms with Crippen molar-refractivity contribution in [3.8, 4) is 11.1 Å². The molecule has 1 unspecified atom stereocenters. The van der Waals surface area contributed by atoms with Crippen molar-refractivity contribution >= 4 is 33.2 Å². The highest BCUT2D eigenvalue weighted by Gasteiger charge is 2.48. The van der Waals surface area contributed by atoms with Crippen LogP contribution in [0.3, 0.4) is 0 Å². The maximum atomic E-state index is 13.9. The first-order chi connectivity index (χ1) is 16.3. The van der Waals surface area contributed by atoms with Crippen molar-refractivity contribution in [2.75, 3.05) is 16.1 Å². The number of hydrogen-bond acceptors (Lipinski definition) is 4. The van der Waals surface area contributed by atoms with Gasteiger partial charge in [0, 0.05) is 26.0 Å². The smallest absolute Gasteiger partial charge is 0.412 e. The molecule has 0 radical (unpaired) electrons. The molecule has 1 aliphatic heterocycles. The van der Waals surface area contributed by atoms with Crippen LogP contribution in [0.4, 0.5) is 25.0 Å². The van der Waals surface area contributed by atoms with Crippen LogP contribution in [0.5, 0.6) is 0 Å². The van der Waals surface area contributed by atoms with Crippen molar-refractivity contribution in [1.82, 2.24) is 0 Å². The van der Waals surface area contributed by atoms with Gasteiger partial charge in [-0.05, 0) is 61.1 Å². The summed E-state index contributed by atoms with van der Waals surface area (Å²) < 4.78 is 51.3. The van der Waals surface area contributed by atoms with Gasteiger partial charge in [0.1, 0.15) is 0 Å². The van der Waals surface area contributed by atoms with Crippen LogP contribution >= 0.6 is 0 Å². The Morgan fingerprint density at radius 3 is 2.06 bits per heavy atom. The van der Waals surface area contributed by atoms with Gasteiger partial charge in [-0.15, -0.1) is 0 Å². The SMILES string of the molecule is CC(=O)N1c2ccc(-c3ccc(S(C)(=O)=O)cc3)cc2N(C(=O)O)C(C2CCC(F)(F)CC2)[C@@H]1C. The van der Waals surface area contributed by atoms with Crippen LogP contribution in [0.15, 0.2) is 47.4 Å². The lowest BCUT2D eigenvalue weighted by Crippen LogP contribution is -2.61. The molecule has 2 aromatic rings. The highest BCUT2D eigenvalue weighted by molar-refractivity contribution is 7.90. The zero-order valence-corrected chi connectivity index (χ0v) is 20.6. The Kier molecular flexibility index (Phi) is 6.37. The summed E-state index contributed by atoms with van der Waals surface area (Å²) in [4.78, 5) is 28.1. The fraction of sp³-hybridized carbons (Fsp3) is 0.440. The number of nitrogens with zero attached hydrogens (tertiary/aromatic N) is 2. The third kappa shape index (κ3) is 4.76. The van der Waals surface area contributed by atoms with Crippen molar-refractivity contribution in [3.05, 3.63) is 42.5 Å². The van der Waals surface area contributed by atoms with E-state index in [0.29, 0.717) is 22.5 Å². The van der Waals surface area contributed by atoms with Gasteiger partial charge in [-0.3, -0.25) is 9.69 Å². The highest BCUT2D eigenvalue weighted by atomic mass is 32.2. The predicted molar refractivity (Wildman–Crippen MR) is 129 cm³/mol. The highest BCUT2D eigenvalue weighted by Crippen LogP contribution is 2.47. The van der Waals surface area contributed by atoms with Gasteiger partial charge >= 0.3 is 6.09 Å². The summed E-state index contributed by atoms with van der Waals surface area (Å²) >= 11 is 0. The number of carbonyl (C=O) groups excluding carboxylic acids is 1. The predicted octanol–water partition coefficient (Wildman–Crippen LogP) is 5.19. The van der Waals surface area contributed by atoms with E-state index in [1.165, 1.54) is 24.0 Å². The molecule has 1 aliphatic carbocycles. The fourth-order valence-corrected chi connectivity index (χ4v) is 6.07. The lowest BCUT2D eigenvalue weighted by Gasteiger charge is -2.49. The average Bonchev–Trinajstić information content (AvgIpc) is 2.77. The van der Waals surface area contributed by atoms with E-state index >= 15 is 0 Å². The number of anilines is 2. The van der Waals surface area contributed by atoms with Gasteiger partial charge in [0.15, 0.2) is 9.84 Å². The average molecular weight is 507 g/mol. The quantitative estimate of drug-likeness (QED) is 0.618. The Labute approximate surface area is 203 Å². The van der Waals surface area contributed by atoms with E-state index in [1.807, 2.05) is 0 Å². The number of fused-ring (bicyclic) bond motifs is 1. The summed E-state index contributed by atoms with van der Waals surface area (Å²) in [5, 5.41) is 10.2. The molecular formula is C25H28F2N2O5S. The molecule has 1 saturated carbocycles.